The number of fused-ring (bicyclic) bond motifs is 1. The molecule has 0 bridgehead atoms. The summed E-state index contributed by atoms with van der Waals surface area (Å²) in [4.78, 5) is 12.5. The number of ether oxygens (including phenoxy) is 2. The van der Waals surface area contributed by atoms with Gasteiger partial charge in [-0.15, -0.1) is 0 Å². The molecule has 0 heterocycles. The van der Waals surface area contributed by atoms with E-state index in [2.05, 4.69) is 34.3 Å². The summed E-state index contributed by atoms with van der Waals surface area (Å²) >= 11 is 0. The lowest BCUT2D eigenvalue weighted by Gasteiger charge is -2.20. The highest BCUT2D eigenvalue weighted by Gasteiger charge is 2.25. The van der Waals surface area contributed by atoms with Gasteiger partial charge in [-0.2, -0.15) is 0 Å². The average molecular weight is 485 g/mol. The van der Waals surface area contributed by atoms with Crippen LogP contribution in [0.3, 0.4) is 0 Å². The second kappa shape index (κ2) is 11.4. The lowest BCUT2D eigenvalue weighted by atomic mass is 10.0. The van der Waals surface area contributed by atoms with E-state index in [4.69, 9.17) is 9.47 Å². The molecule has 7 nitrogen and oxygen atoms in total. The number of sulfonamides is 1. The van der Waals surface area contributed by atoms with Crippen LogP contribution in [-0.4, -0.2) is 40.3 Å². The number of nitrogens with one attached hydrogen (secondary N) is 2. The molecule has 0 aromatic heterocycles. The van der Waals surface area contributed by atoms with E-state index >= 15 is 0 Å². The van der Waals surface area contributed by atoms with Crippen LogP contribution in [0.25, 0.3) is 10.8 Å². The van der Waals surface area contributed by atoms with E-state index in [1.165, 1.54) is 5.39 Å². The molecular weight excluding hydrogens is 452 g/mol. The Morgan fingerprint density at radius 2 is 1.74 bits per heavy atom. The summed E-state index contributed by atoms with van der Waals surface area (Å²) in [6, 6.07) is 19.2. The van der Waals surface area contributed by atoms with Crippen LogP contribution in [-0.2, 0) is 27.8 Å². The highest BCUT2D eigenvalue weighted by atomic mass is 32.2. The molecule has 0 radical (unpaired) electrons. The molecular formula is C26H32N2O5S. The van der Waals surface area contributed by atoms with Crippen molar-refractivity contribution in [2.24, 2.45) is 5.92 Å². The number of methoxy groups -OCH3 is 1. The maximum atomic E-state index is 12.5. The number of hydrogen-bond acceptors (Lipinski definition) is 5. The zero-order valence-corrected chi connectivity index (χ0v) is 20.8. The fraction of sp³-hybridized carbons (Fsp3) is 0.346. The molecule has 3 aromatic carbocycles. The molecule has 0 unspecified atom stereocenters. The zero-order valence-electron chi connectivity index (χ0n) is 20.0. The Bertz CT molecular complexity index is 1240. The molecule has 0 saturated carbocycles. The Hall–Kier alpha value is -3.10. The molecule has 8 heteroatoms. The van der Waals surface area contributed by atoms with Gasteiger partial charge in [-0.25, -0.2) is 13.1 Å². The zero-order chi connectivity index (χ0) is 24.7. The number of rotatable bonds is 11. The van der Waals surface area contributed by atoms with Gasteiger partial charge in [0.05, 0.1) is 13.4 Å². The van der Waals surface area contributed by atoms with E-state index < -0.39 is 16.1 Å². The standard InChI is InChI=1S/C26H32N2O5S/c1-18(2)25(28-34(4,30)31)26(29)27-15-14-19-12-13-23(24(16-19)32-3)33-17-21-10-7-9-20-8-5-6-11-22(20)21/h5-13,16,18,25,28H,14-15,17H2,1-4H3,(H,27,29)/t25-/m0/s1. The molecule has 2 N–H and O–H groups in total. The predicted octanol–water partition coefficient (Wildman–Crippen LogP) is 3.66. The van der Waals surface area contributed by atoms with Gasteiger partial charge in [-0.3, -0.25) is 4.79 Å². The van der Waals surface area contributed by atoms with Crippen LogP contribution in [0.1, 0.15) is 25.0 Å². The molecule has 0 aliphatic rings. The van der Waals surface area contributed by atoms with Crippen molar-refractivity contribution in [2.45, 2.75) is 32.9 Å². The van der Waals surface area contributed by atoms with Crippen molar-refractivity contribution in [3.05, 3.63) is 71.8 Å². The van der Waals surface area contributed by atoms with Crippen molar-refractivity contribution in [2.75, 3.05) is 19.9 Å². The van der Waals surface area contributed by atoms with Gasteiger partial charge >= 0.3 is 0 Å². The van der Waals surface area contributed by atoms with Crippen LogP contribution < -0.4 is 19.5 Å². The number of carbonyl (C=O) groups is 1. The summed E-state index contributed by atoms with van der Waals surface area (Å²) in [7, 11) is -1.89. The van der Waals surface area contributed by atoms with Gasteiger partial charge in [-0.1, -0.05) is 62.4 Å². The maximum Gasteiger partial charge on any atom is 0.238 e. The van der Waals surface area contributed by atoms with Gasteiger partial charge in [0.15, 0.2) is 11.5 Å². The van der Waals surface area contributed by atoms with Crippen molar-refractivity contribution in [3.8, 4) is 11.5 Å². The first-order valence-corrected chi connectivity index (χ1v) is 13.1. The third kappa shape index (κ3) is 6.95. The number of hydrogen-bond donors (Lipinski definition) is 2. The fourth-order valence-electron chi connectivity index (χ4n) is 3.72. The van der Waals surface area contributed by atoms with Crippen molar-refractivity contribution < 1.29 is 22.7 Å². The third-order valence-corrected chi connectivity index (χ3v) is 6.18. The molecule has 34 heavy (non-hydrogen) atoms. The summed E-state index contributed by atoms with van der Waals surface area (Å²) in [5, 5.41) is 5.13. The Balaban J connectivity index is 1.61. The van der Waals surface area contributed by atoms with E-state index in [0.717, 1.165) is 22.8 Å². The first-order chi connectivity index (χ1) is 16.2. The third-order valence-electron chi connectivity index (χ3n) is 5.49. The molecule has 1 atom stereocenters. The number of benzene rings is 3. The normalized spacial score (nSPS) is 12.5. The average Bonchev–Trinajstić information content (AvgIpc) is 2.80. The lowest BCUT2D eigenvalue weighted by molar-refractivity contribution is -0.123. The summed E-state index contributed by atoms with van der Waals surface area (Å²) in [5.74, 6) is 0.735. The fourth-order valence-corrected chi connectivity index (χ4v) is 4.56. The van der Waals surface area contributed by atoms with Crippen molar-refractivity contribution in [1.29, 1.82) is 0 Å². The second-order valence-corrected chi connectivity index (χ2v) is 10.3. The minimum atomic E-state index is -3.48. The van der Waals surface area contributed by atoms with Crippen molar-refractivity contribution in [3.63, 3.8) is 0 Å². The second-order valence-electron chi connectivity index (χ2n) is 8.56. The van der Waals surface area contributed by atoms with Gasteiger partial charge in [0.2, 0.25) is 15.9 Å². The quantitative estimate of drug-likeness (QED) is 0.433. The SMILES string of the molecule is COc1cc(CCNC(=O)[C@@H](NS(C)(=O)=O)C(C)C)ccc1OCc1cccc2ccccc12. The Kier molecular flexibility index (Phi) is 8.52. The van der Waals surface area contributed by atoms with Crippen LogP contribution in [0.2, 0.25) is 0 Å². The van der Waals surface area contributed by atoms with Gasteiger partial charge in [0.25, 0.3) is 0 Å². The van der Waals surface area contributed by atoms with E-state index in [-0.39, 0.29) is 11.8 Å². The minimum absolute atomic E-state index is 0.173. The lowest BCUT2D eigenvalue weighted by Crippen LogP contribution is -2.49. The van der Waals surface area contributed by atoms with Gasteiger partial charge < -0.3 is 14.8 Å². The monoisotopic (exact) mass is 484 g/mol. The molecule has 0 fully saturated rings. The summed E-state index contributed by atoms with van der Waals surface area (Å²) in [6.45, 7) is 4.37. The van der Waals surface area contributed by atoms with E-state index in [9.17, 15) is 13.2 Å². The number of carbonyl (C=O) groups excluding carboxylic acids is 1. The maximum absolute atomic E-state index is 12.5. The molecule has 0 aliphatic carbocycles. The van der Waals surface area contributed by atoms with E-state index in [1.54, 1.807) is 21.0 Å². The largest absolute Gasteiger partial charge is 0.493 e. The molecule has 0 aliphatic heterocycles. The summed E-state index contributed by atoms with van der Waals surface area (Å²) in [6.07, 6.45) is 1.61. The summed E-state index contributed by atoms with van der Waals surface area (Å²) in [5.41, 5.74) is 2.06. The van der Waals surface area contributed by atoms with Crippen molar-refractivity contribution >= 4 is 26.7 Å². The van der Waals surface area contributed by atoms with Crippen LogP contribution in [0.4, 0.5) is 0 Å². The first-order valence-electron chi connectivity index (χ1n) is 11.2. The Labute approximate surface area is 201 Å². The predicted molar refractivity (Wildman–Crippen MR) is 135 cm³/mol. The smallest absolute Gasteiger partial charge is 0.238 e. The topological polar surface area (TPSA) is 93.7 Å². The molecule has 0 saturated heterocycles. The molecule has 1 amide bonds. The molecule has 3 aromatic rings. The number of amides is 1. The van der Waals surface area contributed by atoms with E-state index in [1.807, 2.05) is 36.4 Å². The van der Waals surface area contributed by atoms with Crippen molar-refractivity contribution in [1.82, 2.24) is 10.0 Å². The first kappa shape index (κ1) is 25.5. The Morgan fingerprint density at radius 1 is 1.00 bits per heavy atom. The van der Waals surface area contributed by atoms with Gasteiger partial charge in [0, 0.05) is 6.54 Å². The van der Waals surface area contributed by atoms with Crippen LogP contribution in [0.5, 0.6) is 11.5 Å². The van der Waals surface area contributed by atoms with E-state index in [0.29, 0.717) is 31.1 Å². The van der Waals surface area contributed by atoms with Crippen LogP contribution in [0.15, 0.2) is 60.7 Å². The highest BCUT2D eigenvalue weighted by Crippen LogP contribution is 2.30. The summed E-state index contributed by atoms with van der Waals surface area (Å²) < 4.78 is 37.1. The van der Waals surface area contributed by atoms with Crippen LogP contribution in [0, 0.1) is 5.92 Å². The van der Waals surface area contributed by atoms with Gasteiger partial charge in [0.1, 0.15) is 12.6 Å². The molecule has 182 valence electrons. The minimum Gasteiger partial charge on any atom is -0.493 e. The highest BCUT2D eigenvalue weighted by molar-refractivity contribution is 7.88. The van der Waals surface area contributed by atoms with Crippen LogP contribution >= 0.6 is 0 Å². The molecule has 3 rings (SSSR count). The van der Waals surface area contributed by atoms with Gasteiger partial charge in [-0.05, 0) is 46.4 Å². The molecule has 0 spiro atoms. The Morgan fingerprint density at radius 3 is 2.44 bits per heavy atom.